The molecule has 0 heterocycles. The summed E-state index contributed by atoms with van der Waals surface area (Å²) in [5, 5.41) is 3.50. The van der Waals surface area contributed by atoms with Gasteiger partial charge < -0.3 is 5.32 Å². The van der Waals surface area contributed by atoms with Crippen molar-refractivity contribution in [1.82, 2.24) is 5.32 Å². The standard InChI is InChI=1S/C14H27N/c1-5-10-14(6-2)15-12-9-7-8-11-13(3)4/h6,15H,3,5,7-12H2,1-2,4H3/b14-6-. The summed E-state index contributed by atoms with van der Waals surface area (Å²) >= 11 is 0. The van der Waals surface area contributed by atoms with E-state index in [1.54, 1.807) is 0 Å². The Balaban J connectivity index is 3.33. The first-order valence-corrected chi connectivity index (χ1v) is 6.24. The number of unbranched alkanes of at least 4 members (excludes halogenated alkanes) is 2. The summed E-state index contributed by atoms with van der Waals surface area (Å²) in [4.78, 5) is 0. The van der Waals surface area contributed by atoms with Gasteiger partial charge in [0.15, 0.2) is 0 Å². The molecule has 0 aliphatic heterocycles. The number of allylic oxidation sites excluding steroid dienone is 3. The van der Waals surface area contributed by atoms with Gasteiger partial charge in [-0.1, -0.05) is 31.4 Å². The highest BCUT2D eigenvalue weighted by atomic mass is 14.9. The van der Waals surface area contributed by atoms with E-state index in [9.17, 15) is 0 Å². The molecule has 0 aromatic rings. The summed E-state index contributed by atoms with van der Waals surface area (Å²) in [6, 6.07) is 0. The summed E-state index contributed by atoms with van der Waals surface area (Å²) < 4.78 is 0. The molecule has 0 spiro atoms. The topological polar surface area (TPSA) is 12.0 Å². The molecule has 0 atom stereocenters. The summed E-state index contributed by atoms with van der Waals surface area (Å²) in [6.45, 7) is 11.5. The predicted molar refractivity (Wildman–Crippen MR) is 69.9 cm³/mol. The number of nitrogens with one attached hydrogen (secondary N) is 1. The smallest absolute Gasteiger partial charge is 0.0143 e. The van der Waals surface area contributed by atoms with E-state index < -0.39 is 0 Å². The van der Waals surface area contributed by atoms with E-state index in [4.69, 9.17) is 0 Å². The van der Waals surface area contributed by atoms with Crippen molar-refractivity contribution in [3.63, 3.8) is 0 Å². The lowest BCUT2D eigenvalue weighted by molar-refractivity contribution is 0.628. The van der Waals surface area contributed by atoms with Gasteiger partial charge in [0.05, 0.1) is 0 Å². The van der Waals surface area contributed by atoms with Gasteiger partial charge in [-0.2, -0.15) is 0 Å². The third-order valence-electron chi connectivity index (χ3n) is 2.50. The molecule has 0 rings (SSSR count). The minimum absolute atomic E-state index is 1.12. The predicted octanol–water partition coefficient (Wildman–Crippen LogP) is 4.42. The number of hydrogen-bond donors (Lipinski definition) is 1. The lowest BCUT2D eigenvalue weighted by atomic mass is 10.1. The maximum atomic E-state index is 3.91. The van der Waals surface area contributed by atoms with E-state index in [2.05, 4.69) is 38.7 Å². The van der Waals surface area contributed by atoms with Crippen molar-refractivity contribution < 1.29 is 0 Å². The molecule has 0 aliphatic carbocycles. The van der Waals surface area contributed by atoms with Gasteiger partial charge in [-0.05, 0) is 39.5 Å². The molecule has 0 saturated heterocycles. The molecular formula is C14H27N. The second-order valence-corrected chi connectivity index (χ2v) is 4.26. The summed E-state index contributed by atoms with van der Waals surface area (Å²) in [7, 11) is 0. The normalized spacial score (nSPS) is 11.5. The van der Waals surface area contributed by atoms with Crippen molar-refractivity contribution in [3.05, 3.63) is 23.9 Å². The van der Waals surface area contributed by atoms with E-state index in [1.807, 2.05) is 0 Å². The van der Waals surface area contributed by atoms with E-state index in [0.29, 0.717) is 0 Å². The molecule has 0 unspecified atom stereocenters. The van der Waals surface area contributed by atoms with Gasteiger partial charge in [-0.15, -0.1) is 6.58 Å². The third kappa shape index (κ3) is 9.58. The Morgan fingerprint density at radius 1 is 1.20 bits per heavy atom. The maximum absolute atomic E-state index is 3.91. The molecule has 15 heavy (non-hydrogen) atoms. The van der Waals surface area contributed by atoms with Crippen LogP contribution < -0.4 is 5.32 Å². The Hall–Kier alpha value is -0.720. The molecule has 1 heteroatoms. The largest absolute Gasteiger partial charge is 0.389 e. The fourth-order valence-electron chi connectivity index (χ4n) is 1.58. The van der Waals surface area contributed by atoms with Gasteiger partial charge >= 0.3 is 0 Å². The minimum Gasteiger partial charge on any atom is -0.389 e. The van der Waals surface area contributed by atoms with Crippen LogP contribution in [0.25, 0.3) is 0 Å². The first kappa shape index (κ1) is 14.3. The molecule has 1 nitrogen and oxygen atoms in total. The average molecular weight is 209 g/mol. The van der Waals surface area contributed by atoms with Crippen molar-refractivity contribution in [2.75, 3.05) is 6.54 Å². The highest BCUT2D eigenvalue weighted by Crippen LogP contribution is 2.06. The highest BCUT2D eigenvalue weighted by molar-refractivity contribution is 4.96. The van der Waals surface area contributed by atoms with E-state index >= 15 is 0 Å². The summed E-state index contributed by atoms with van der Waals surface area (Å²) in [5.74, 6) is 0. The highest BCUT2D eigenvalue weighted by Gasteiger charge is 1.94. The van der Waals surface area contributed by atoms with Crippen molar-refractivity contribution in [3.8, 4) is 0 Å². The second kappa shape index (κ2) is 9.82. The van der Waals surface area contributed by atoms with Gasteiger partial charge in [0, 0.05) is 12.2 Å². The molecule has 0 aromatic heterocycles. The summed E-state index contributed by atoms with van der Waals surface area (Å²) in [5.41, 5.74) is 2.71. The quantitative estimate of drug-likeness (QED) is 0.438. The molecule has 0 bridgehead atoms. The van der Waals surface area contributed by atoms with Crippen LogP contribution in [-0.2, 0) is 0 Å². The van der Waals surface area contributed by atoms with Crippen LogP contribution in [0.4, 0.5) is 0 Å². The second-order valence-electron chi connectivity index (χ2n) is 4.26. The Morgan fingerprint density at radius 2 is 1.93 bits per heavy atom. The van der Waals surface area contributed by atoms with Gasteiger partial charge in [0.25, 0.3) is 0 Å². The Morgan fingerprint density at radius 3 is 2.47 bits per heavy atom. The molecule has 0 aliphatic rings. The molecule has 0 amide bonds. The first-order chi connectivity index (χ1) is 7.20. The molecular weight excluding hydrogens is 182 g/mol. The van der Waals surface area contributed by atoms with Gasteiger partial charge in [0.1, 0.15) is 0 Å². The van der Waals surface area contributed by atoms with Gasteiger partial charge in [-0.3, -0.25) is 0 Å². The van der Waals surface area contributed by atoms with Crippen LogP contribution in [0.5, 0.6) is 0 Å². The fraction of sp³-hybridized carbons (Fsp3) is 0.714. The Kier molecular flexibility index (Phi) is 9.35. The van der Waals surface area contributed by atoms with Crippen molar-refractivity contribution in [1.29, 1.82) is 0 Å². The molecule has 0 saturated carbocycles. The van der Waals surface area contributed by atoms with Crippen LogP contribution >= 0.6 is 0 Å². The molecule has 88 valence electrons. The fourth-order valence-corrected chi connectivity index (χ4v) is 1.58. The zero-order chi connectivity index (χ0) is 11.5. The third-order valence-corrected chi connectivity index (χ3v) is 2.50. The lowest BCUT2D eigenvalue weighted by Gasteiger charge is -2.09. The Labute approximate surface area is 95.7 Å². The van der Waals surface area contributed by atoms with Crippen LogP contribution in [0.2, 0.25) is 0 Å². The van der Waals surface area contributed by atoms with Crippen molar-refractivity contribution >= 4 is 0 Å². The van der Waals surface area contributed by atoms with Crippen LogP contribution in [0.15, 0.2) is 23.9 Å². The molecule has 0 aromatic carbocycles. The van der Waals surface area contributed by atoms with Crippen molar-refractivity contribution in [2.24, 2.45) is 0 Å². The van der Waals surface area contributed by atoms with Gasteiger partial charge in [-0.25, -0.2) is 0 Å². The molecule has 0 fully saturated rings. The lowest BCUT2D eigenvalue weighted by Crippen LogP contribution is -2.14. The van der Waals surface area contributed by atoms with Crippen LogP contribution in [0, 0.1) is 0 Å². The van der Waals surface area contributed by atoms with Crippen molar-refractivity contribution in [2.45, 2.75) is 59.3 Å². The van der Waals surface area contributed by atoms with Gasteiger partial charge in [0.2, 0.25) is 0 Å². The zero-order valence-corrected chi connectivity index (χ0v) is 10.7. The summed E-state index contributed by atoms with van der Waals surface area (Å²) in [6.07, 6.45) is 9.65. The zero-order valence-electron chi connectivity index (χ0n) is 10.7. The van der Waals surface area contributed by atoms with E-state index in [1.165, 1.54) is 49.8 Å². The van der Waals surface area contributed by atoms with E-state index in [0.717, 1.165) is 6.54 Å². The minimum atomic E-state index is 1.12. The number of rotatable bonds is 9. The van der Waals surface area contributed by atoms with Crippen LogP contribution in [0.3, 0.4) is 0 Å². The SMILES string of the molecule is C=C(C)CCCCCN/C(=C\C)CCC. The molecule has 1 N–H and O–H groups in total. The molecule has 0 radical (unpaired) electrons. The number of hydrogen-bond acceptors (Lipinski definition) is 1. The first-order valence-electron chi connectivity index (χ1n) is 6.24. The Bertz CT molecular complexity index is 192. The van der Waals surface area contributed by atoms with Crippen LogP contribution in [-0.4, -0.2) is 6.54 Å². The maximum Gasteiger partial charge on any atom is 0.0143 e. The average Bonchev–Trinajstić information content (AvgIpc) is 2.21. The van der Waals surface area contributed by atoms with E-state index in [-0.39, 0.29) is 0 Å². The van der Waals surface area contributed by atoms with Crippen LogP contribution in [0.1, 0.15) is 59.3 Å². The monoisotopic (exact) mass is 209 g/mol.